The molecule has 82 valence electrons. The Balaban J connectivity index is 0. The molecule has 0 saturated carbocycles. The van der Waals surface area contributed by atoms with Crippen molar-refractivity contribution < 1.29 is 0 Å². The van der Waals surface area contributed by atoms with Gasteiger partial charge in [-0.3, -0.25) is 9.98 Å². The summed E-state index contributed by atoms with van der Waals surface area (Å²) in [4.78, 5) is 7.51. The lowest BCUT2D eigenvalue weighted by molar-refractivity contribution is 1.50. The highest BCUT2D eigenvalue weighted by atomic mass is 14.7. The minimum atomic E-state index is 0.965. The van der Waals surface area contributed by atoms with Gasteiger partial charge in [-0.2, -0.15) is 0 Å². The first-order valence-electron chi connectivity index (χ1n) is 5.00. The Bertz CT molecular complexity index is 221. The topological polar surface area (TPSA) is 24.7 Å². The van der Waals surface area contributed by atoms with Crippen molar-refractivity contribution in [2.75, 3.05) is 0 Å². The first-order valence-corrected chi connectivity index (χ1v) is 5.00. The van der Waals surface area contributed by atoms with E-state index in [-0.39, 0.29) is 0 Å². The van der Waals surface area contributed by atoms with E-state index in [0.717, 1.165) is 6.42 Å². The van der Waals surface area contributed by atoms with Gasteiger partial charge in [0.25, 0.3) is 0 Å². The summed E-state index contributed by atoms with van der Waals surface area (Å²) < 4.78 is 0. The number of rotatable bonds is 2. The van der Waals surface area contributed by atoms with Crippen LogP contribution in [0.3, 0.4) is 0 Å². The molecule has 0 aromatic carbocycles. The molecular formula is C13H20N2. The van der Waals surface area contributed by atoms with E-state index < -0.39 is 0 Å². The molecule has 1 rings (SSSR count). The third kappa shape index (κ3) is 18.9. The smallest absolute Gasteiger partial charge is 0.0263 e. The Labute approximate surface area is 93.2 Å². The fraction of sp³-hybridized carbons (Fsp3) is 0.231. The maximum atomic E-state index is 3.90. The molecule has 0 N–H and O–H groups in total. The second kappa shape index (κ2) is 18.2. The summed E-state index contributed by atoms with van der Waals surface area (Å²) >= 11 is 0. The number of nitrogens with zero attached hydrogens (tertiary/aromatic N) is 2. The van der Waals surface area contributed by atoms with Gasteiger partial charge in [-0.25, -0.2) is 0 Å². The van der Waals surface area contributed by atoms with Crippen molar-refractivity contribution in [1.29, 1.82) is 0 Å². The average molecular weight is 204 g/mol. The lowest BCUT2D eigenvalue weighted by Crippen LogP contribution is -1.61. The zero-order valence-electron chi connectivity index (χ0n) is 9.63. The summed E-state index contributed by atoms with van der Waals surface area (Å²) in [7, 11) is 0. The van der Waals surface area contributed by atoms with E-state index in [4.69, 9.17) is 0 Å². The van der Waals surface area contributed by atoms with Crippen LogP contribution in [-0.4, -0.2) is 12.4 Å². The van der Waals surface area contributed by atoms with Crippen molar-refractivity contribution in [2.45, 2.75) is 20.3 Å². The van der Waals surface area contributed by atoms with Gasteiger partial charge < -0.3 is 0 Å². The SMILES string of the molecule is C1=CCC=NC=C1.C=CC=NC=C.CC. The first kappa shape index (κ1) is 15.8. The lowest BCUT2D eigenvalue weighted by atomic mass is 10.4. The highest BCUT2D eigenvalue weighted by Crippen LogP contribution is 1.86. The van der Waals surface area contributed by atoms with Gasteiger partial charge in [0.2, 0.25) is 0 Å². The lowest BCUT2D eigenvalue weighted by Gasteiger charge is -1.68. The molecule has 0 aromatic heterocycles. The Morgan fingerprint density at radius 1 is 1.27 bits per heavy atom. The quantitative estimate of drug-likeness (QED) is 0.609. The average Bonchev–Trinajstić information content (AvgIpc) is 2.62. The van der Waals surface area contributed by atoms with E-state index >= 15 is 0 Å². The molecule has 15 heavy (non-hydrogen) atoms. The fourth-order valence-electron chi connectivity index (χ4n) is 0.561. The standard InChI is InChI=1S/C6H7N.C5H7N.C2H6/c1-2-4-6-7-5-3-1;1-3-5-6-4-2;1-2/h1-3,5-6H,4H2;3-5H,1-2H2;1-2H3. The van der Waals surface area contributed by atoms with Gasteiger partial charge in [0.15, 0.2) is 0 Å². The van der Waals surface area contributed by atoms with Gasteiger partial charge in [0.05, 0.1) is 0 Å². The molecule has 1 heterocycles. The molecule has 0 bridgehead atoms. The second-order valence-electron chi connectivity index (χ2n) is 2.05. The number of aliphatic imine (C=N–C) groups is 2. The Morgan fingerprint density at radius 3 is 2.53 bits per heavy atom. The zero-order chi connectivity index (χ0) is 11.8. The largest absolute Gasteiger partial charge is 0.269 e. The third-order valence-corrected chi connectivity index (χ3v) is 1.06. The second-order valence-corrected chi connectivity index (χ2v) is 2.05. The van der Waals surface area contributed by atoms with Crippen LogP contribution in [0.4, 0.5) is 0 Å². The minimum absolute atomic E-state index is 0.965. The molecular weight excluding hydrogens is 184 g/mol. The van der Waals surface area contributed by atoms with Crippen LogP contribution in [0.5, 0.6) is 0 Å². The van der Waals surface area contributed by atoms with Crippen LogP contribution in [-0.2, 0) is 0 Å². The Kier molecular flexibility index (Phi) is 19.1. The van der Waals surface area contributed by atoms with Crippen molar-refractivity contribution in [3.8, 4) is 0 Å². The van der Waals surface area contributed by atoms with Crippen LogP contribution in [0.15, 0.2) is 59.8 Å². The molecule has 0 amide bonds. The van der Waals surface area contributed by atoms with Crippen LogP contribution in [0.1, 0.15) is 20.3 Å². The highest BCUT2D eigenvalue weighted by molar-refractivity contribution is 5.70. The third-order valence-electron chi connectivity index (χ3n) is 1.06. The maximum Gasteiger partial charge on any atom is 0.0263 e. The predicted molar refractivity (Wildman–Crippen MR) is 71.6 cm³/mol. The van der Waals surface area contributed by atoms with Gasteiger partial charge in [-0.1, -0.05) is 45.2 Å². The molecule has 0 fully saturated rings. The number of hydrogen-bond donors (Lipinski definition) is 0. The van der Waals surface area contributed by atoms with Crippen LogP contribution >= 0.6 is 0 Å². The highest BCUT2D eigenvalue weighted by Gasteiger charge is 1.71. The van der Waals surface area contributed by atoms with Gasteiger partial charge in [-0.15, -0.1) is 0 Å². The Hall–Kier alpha value is -1.70. The van der Waals surface area contributed by atoms with E-state index in [1.807, 2.05) is 32.2 Å². The fourth-order valence-corrected chi connectivity index (χ4v) is 0.561. The van der Waals surface area contributed by atoms with Crippen LogP contribution in [0, 0.1) is 0 Å². The maximum absolute atomic E-state index is 3.90. The van der Waals surface area contributed by atoms with Crippen LogP contribution < -0.4 is 0 Å². The van der Waals surface area contributed by atoms with Crippen LogP contribution in [0.2, 0.25) is 0 Å². The summed E-state index contributed by atoms with van der Waals surface area (Å²) in [6.45, 7) is 10.8. The summed E-state index contributed by atoms with van der Waals surface area (Å²) in [5, 5.41) is 0. The van der Waals surface area contributed by atoms with Gasteiger partial charge in [0, 0.05) is 31.2 Å². The molecule has 0 spiro atoms. The molecule has 0 unspecified atom stereocenters. The van der Waals surface area contributed by atoms with Gasteiger partial charge >= 0.3 is 0 Å². The molecule has 0 radical (unpaired) electrons. The number of allylic oxidation sites excluding steroid dienone is 4. The Morgan fingerprint density at radius 2 is 2.00 bits per heavy atom. The van der Waals surface area contributed by atoms with Crippen molar-refractivity contribution >= 4 is 12.4 Å². The van der Waals surface area contributed by atoms with Crippen molar-refractivity contribution in [1.82, 2.24) is 0 Å². The normalized spacial score (nSPS) is 11.9. The summed E-state index contributed by atoms with van der Waals surface area (Å²) in [5.41, 5.74) is 0. The molecule has 1 aliphatic rings. The summed E-state index contributed by atoms with van der Waals surface area (Å²) in [6, 6.07) is 0. The van der Waals surface area contributed by atoms with Gasteiger partial charge in [-0.05, 0) is 6.08 Å². The molecule has 0 aromatic rings. The van der Waals surface area contributed by atoms with E-state index in [0.29, 0.717) is 0 Å². The molecule has 0 saturated heterocycles. The predicted octanol–water partition coefficient (Wildman–Crippen LogP) is 3.94. The minimum Gasteiger partial charge on any atom is -0.269 e. The first-order chi connectivity index (χ1) is 7.41. The molecule has 0 aliphatic carbocycles. The molecule has 1 aliphatic heterocycles. The van der Waals surface area contributed by atoms with E-state index in [1.54, 1.807) is 18.5 Å². The summed E-state index contributed by atoms with van der Waals surface area (Å²) in [5.74, 6) is 0. The van der Waals surface area contributed by atoms with Crippen LogP contribution in [0.25, 0.3) is 0 Å². The van der Waals surface area contributed by atoms with Crippen molar-refractivity contribution in [2.24, 2.45) is 9.98 Å². The zero-order valence-corrected chi connectivity index (χ0v) is 9.63. The molecule has 0 atom stereocenters. The molecule has 2 heteroatoms. The molecule has 2 nitrogen and oxygen atoms in total. The monoisotopic (exact) mass is 204 g/mol. The van der Waals surface area contributed by atoms with Gasteiger partial charge in [0.1, 0.15) is 0 Å². The van der Waals surface area contributed by atoms with Crippen molar-refractivity contribution in [3.05, 3.63) is 49.9 Å². The van der Waals surface area contributed by atoms with Crippen molar-refractivity contribution in [3.63, 3.8) is 0 Å². The van der Waals surface area contributed by atoms with E-state index in [1.165, 1.54) is 6.20 Å². The number of hydrogen-bond acceptors (Lipinski definition) is 2. The summed E-state index contributed by atoms with van der Waals surface area (Å²) in [6.07, 6.45) is 15.2. The van der Waals surface area contributed by atoms with E-state index in [9.17, 15) is 0 Å². The van der Waals surface area contributed by atoms with E-state index in [2.05, 4.69) is 29.2 Å².